The molecule has 2 atom stereocenters. The standard InChI is InChI=1S/C22H26F3N/c1-14-7-9-17-5-4-6-20(22(23,24)25)21(17)19(12-14)18-10-8-16(3)26-13-15(2)11-18/h4-6,9,11,15-16,26H,1,7-8,10,12-13H2,2-3H3/b18-11-/t15-,16-/m1/s1. The van der Waals surface area contributed by atoms with Gasteiger partial charge in [-0.05, 0) is 66.2 Å². The van der Waals surface area contributed by atoms with Crippen LogP contribution in [0.2, 0.25) is 0 Å². The monoisotopic (exact) mass is 361 g/mol. The Balaban J connectivity index is 2.30. The number of benzene rings is 1. The van der Waals surface area contributed by atoms with Gasteiger partial charge in [0.1, 0.15) is 0 Å². The van der Waals surface area contributed by atoms with Crippen LogP contribution < -0.4 is 15.8 Å². The van der Waals surface area contributed by atoms with Gasteiger partial charge in [-0.25, -0.2) is 0 Å². The highest BCUT2D eigenvalue weighted by molar-refractivity contribution is 5.69. The molecule has 140 valence electrons. The van der Waals surface area contributed by atoms with Crippen molar-refractivity contribution < 1.29 is 13.2 Å². The van der Waals surface area contributed by atoms with Crippen molar-refractivity contribution in [3.05, 3.63) is 58.0 Å². The van der Waals surface area contributed by atoms with Crippen LogP contribution in [-0.4, -0.2) is 12.6 Å². The van der Waals surface area contributed by atoms with Gasteiger partial charge in [-0.2, -0.15) is 13.2 Å². The molecule has 1 aliphatic heterocycles. The highest BCUT2D eigenvalue weighted by Gasteiger charge is 2.33. The first-order chi connectivity index (χ1) is 12.3. The fourth-order valence-corrected chi connectivity index (χ4v) is 3.85. The first-order valence-electron chi connectivity index (χ1n) is 9.26. The molecule has 0 bridgehead atoms. The van der Waals surface area contributed by atoms with E-state index < -0.39 is 11.7 Å². The first kappa shape index (κ1) is 19.0. The smallest absolute Gasteiger partial charge is 0.314 e. The number of alkyl halides is 3. The molecule has 0 radical (unpaired) electrons. The predicted octanol–water partition coefficient (Wildman–Crippen LogP) is 4.32. The van der Waals surface area contributed by atoms with Crippen LogP contribution in [0.5, 0.6) is 0 Å². The Bertz CT molecular complexity index is 845. The van der Waals surface area contributed by atoms with Gasteiger partial charge in [-0.1, -0.05) is 43.4 Å². The lowest BCUT2D eigenvalue weighted by Gasteiger charge is -2.24. The van der Waals surface area contributed by atoms with Gasteiger partial charge < -0.3 is 5.32 Å². The molecule has 1 heterocycles. The summed E-state index contributed by atoms with van der Waals surface area (Å²) in [6.45, 7) is 9.19. The maximum atomic E-state index is 13.8. The molecule has 1 aliphatic carbocycles. The number of hydrogen-bond donors (Lipinski definition) is 1. The van der Waals surface area contributed by atoms with Gasteiger partial charge >= 0.3 is 6.18 Å². The molecule has 0 unspecified atom stereocenters. The normalized spacial score (nSPS) is 26.7. The summed E-state index contributed by atoms with van der Waals surface area (Å²) >= 11 is 0. The van der Waals surface area contributed by atoms with Crippen molar-refractivity contribution in [2.45, 2.75) is 51.7 Å². The molecular weight excluding hydrogens is 335 g/mol. The van der Waals surface area contributed by atoms with E-state index >= 15 is 0 Å². The molecule has 1 aromatic rings. The fourth-order valence-electron chi connectivity index (χ4n) is 3.85. The summed E-state index contributed by atoms with van der Waals surface area (Å²) < 4.78 is 41.3. The van der Waals surface area contributed by atoms with Crippen LogP contribution in [0, 0.1) is 5.92 Å². The van der Waals surface area contributed by atoms with Crippen molar-refractivity contribution in [2.24, 2.45) is 5.92 Å². The summed E-state index contributed by atoms with van der Waals surface area (Å²) in [6.07, 6.45) is 2.52. The zero-order valence-electron chi connectivity index (χ0n) is 15.4. The van der Waals surface area contributed by atoms with Crippen molar-refractivity contribution in [3.63, 3.8) is 0 Å². The zero-order valence-corrected chi connectivity index (χ0v) is 15.4. The highest BCUT2D eigenvalue weighted by atomic mass is 19.4. The number of nitrogens with one attached hydrogen (secondary N) is 1. The molecule has 0 saturated carbocycles. The van der Waals surface area contributed by atoms with Crippen LogP contribution in [0.4, 0.5) is 13.2 Å². The van der Waals surface area contributed by atoms with Crippen LogP contribution in [0.1, 0.15) is 45.1 Å². The lowest BCUT2D eigenvalue weighted by atomic mass is 9.88. The van der Waals surface area contributed by atoms with Crippen LogP contribution >= 0.6 is 0 Å². The van der Waals surface area contributed by atoms with Crippen LogP contribution in [0.25, 0.3) is 11.6 Å². The molecule has 0 aromatic heterocycles. The van der Waals surface area contributed by atoms with Gasteiger partial charge in [-0.15, -0.1) is 0 Å². The van der Waals surface area contributed by atoms with E-state index in [0.717, 1.165) is 36.1 Å². The van der Waals surface area contributed by atoms with E-state index in [-0.39, 0.29) is 5.92 Å². The zero-order chi connectivity index (χ0) is 18.9. The molecule has 3 rings (SSSR count). The fraction of sp³-hybridized carbons (Fsp3) is 0.455. The van der Waals surface area contributed by atoms with Crippen LogP contribution in [0.15, 0.2) is 42.0 Å². The minimum Gasteiger partial charge on any atom is -0.314 e. The van der Waals surface area contributed by atoms with Crippen LogP contribution in [-0.2, 0) is 6.18 Å². The number of allylic oxidation sites excluding steroid dienone is 2. The lowest BCUT2D eigenvalue weighted by molar-refractivity contribution is -0.138. The second-order valence-corrected chi connectivity index (χ2v) is 7.60. The Morgan fingerprint density at radius 1 is 1.19 bits per heavy atom. The van der Waals surface area contributed by atoms with E-state index in [4.69, 9.17) is 0 Å². The number of fused-ring (bicyclic) bond motifs is 1. The largest absolute Gasteiger partial charge is 0.417 e. The molecule has 4 heteroatoms. The quantitative estimate of drug-likeness (QED) is 0.735. The number of hydrogen-bond acceptors (Lipinski definition) is 1. The van der Waals surface area contributed by atoms with Gasteiger partial charge in [-0.3, -0.25) is 0 Å². The molecule has 0 fully saturated rings. The Morgan fingerprint density at radius 3 is 2.69 bits per heavy atom. The summed E-state index contributed by atoms with van der Waals surface area (Å²) in [4.78, 5) is 0. The van der Waals surface area contributed by atoms with Crippen LogP contribution in [0.3, 0.4) is 0 Å². The average molecular weight is 361 g/mol. The predicted molar refractivity (Wildman–Crippen MR) is 101 cm³/mol. The maximum absolute atomic E-state index is 13.8. The minimum atomic E-state index is -4.36. The van der Waals surface area contributed by atoms with Gasteiger partial charge in [0.2, 0.25) is 0 Å². The van der Waals surface area contributed by atoms with Crippen molar-refractivity contribution in [1.29, 1.82) is 0 Å². The summed E-state index contributed by atoms with van der Waals surface area (Å²) in [6, 6.07) is 4.86. The van der Waals surface area contributed by atoms with E-state index in [0.29, 0.717) is 29.3 Å². The third-order valence-corrected chi connectivity index (χ3v) is 5.25. The van der Waals surface area contributed by atoms with Gasteiger partial charge in [0.25, 0.3) is 0 Å². The van der Waals surface area contributed by atoms with E-state index in [1.165, 1.54) is 12.1 Å². The SMILES string of the molecule is C=C1CC=c2cccc(C(F)(F)F)c2=C(/C2=C\[C@@H](C)CN[C@H](C)CC2)C1. The van der Waals surface area contributed by atoms with E-state index in [9.17, 15) is 13.2 Å². The average Bonchev–Trinajstić information content (AvgIpc) is 2.73. The van der Waals surface area contributed by atoms with Crippen molar-refractivity contribution in [2.75, 3.05) is 6.54 Å². The Hall–Kier alpha value is -1.81. The maximum Gasteiger partial charge on any atom is 0.417 e. The Kier molecular flexibility index (Phi) is 5.42. The van der Waals surface area contributed by atoms with Crippen molar-refractivity contribution in [3.8, 4) is 0 Å². The number of rotatable bonds is 1. The molecule has 1 nitrogen and oxygen atoms in total. The summed E-state index contributed by atoms with van der Waals surface area (Å²) in [5.41, 5.74) is 2.30. The summed E-state index contributed by atoms with van der Waals surface area (Å²) in [5, 5.41) is 4.51. The van der Waals surface area contributed by atoms with E-state index in [1.807, 2.05) is 6.08 Å². The van der Waals surface area contributed by atoms with Crippen molar-refractivity contribution >= 4 is 11.6 Å². The minimum absolute atomic E-state index is 0.280. The molecule has 0 spiro atoms. The summed E-state index contributed by atoms with van der Waals surface area (Å²) in [5.74, 6) is 0.280. The topological polar surface area (TPSA) is 12.0 Å². The van der Waals surface area contributed by atoms with E-state index in [1.54, 1.807) is 6.07 Å². The van der Waals surface area contributed by atoms with E-state index in [2.05, 4.69) is 31.8 Å². The molecule has 1 N–H and O–H groups in total. The van der Waals surface area contributed by atoms with Crippen molar-refractivity contribution in [1.82, 2.24) is 5.32 Å². The molecule has 0 saturated heterocycles. The second-order valence-electron chi connectivity index (χ2n) is 7.60. The molecule has 1 aromatic carbocycles. The highest BCUT2D eigenvalue weighted by Crippen LogP contribution is 2.31. The molecule has 2 aliphatic rings. The second kappa shape index (κ2) is 7.43. The summed E-state index contributed by atoms with van der Waals surface area (Å²) in [7, 11) is 0. The lowest BCUT2D eigenvalue weighted by Crippen LogP contribution is -2.35. The Labute approximate surface area is 153 Å². The molecule has 26 heavy (non-hydrogen) atoms. The van der Waals surface area contributed by atoms with Gasteiger partial charge in [0, 0.05) is 12.6 Å². The molecule has 0 amide bonds. The molecular formula is C22H26F3N. The Morgan fingerprint density at radius 2 is 1.96 bits per heavy atom. The van der Waals surface area contributed by atoms with Gasteiger partial charge in [0.05, 0.1) is 5.56 Å². The first-order valence-corrected chi connectivity index (χ1v) is 9.26. The third kappa shape index (κ3) is 4.12. The number of halogens is 3. The van der Waals surface area contributed by atoms with Gasteiger partial charge in [0.15, 0.2) is 0 Å². The third-order valence-electron chi connectivity index (χ3n) is 5.25.